The van der Waals surface area contributed by atoms with E-state index in [0.29, 0.717) is 17.3 Å². The number of aromatic hydroxyl groups is 1. The normalized spacial score (nSPS) is 17.6. The summed E-state index contributed by atoms with van der Waals surface area (Å²) in [6, 6.07) is 6.95. The molecule has 2 N–H and O–H groups in total. The first-order valence-electron chi connectivity index (χ1n) is 8.67. The van der Waals surface area contributed by atoms with Gasteiger partial charge in [0.25, 0.3) is 5.56 Å². The number of phenolic OH excluding ortho intramolecular Hbond substituents is 1. The Labute approximate surface area is 150 Å². The minimum Gasteiger partial charge on any atom is -0.507 e. The van der Waals surface area contributed by atoms with Crippen molar-refractivity contribution >= 4 is 21.6 Å². The van der Waals surface area contributed by atoms with E-state index in [1.165, 1.54) is 10.4 Å². The molecule has 4 rings (SSSR count). The summed E-state index contributed by atoms with van der Waals surface area (Å²) < 4.78 is 0. The molecule has 25 heavy (non-hydrogen) atoms. The zero-order chi connectivity index (χ0) is 17.8. The molecule has 0 spiro atoms. The number of thiophene rings is 1. The molecule has 1 aromatic carbocycles. The highest BCUT2D eigenvalue weighted by molar-refractivity contribution is 7.18. The molecular formula is C20H22N2O2S. The van der Waals surface area contributed by atoms with Crippen molar-refractivity contribution in [3.8, 4) is 17.1 Å². The van der Waals surface area contributed by atoms with Gasteiger partial charge in [0.05, 0.1) is 10.9 Å². The van der Waals surface area contributed by atoms with Crippen LogP contribution in [-0.2, 0) is 12.8 Å². The molecule has 5 heteroatoms. The fourth-order valence-electron chi connectivity index (χ4n) is 3.72. The molecule has 1 atom stereocenters. The van der Waals surface area contributed by atoms with Gasteiger partial charge in [-0.2, -0.15) is 0 Å². The van der Waals surface area contributed by atoms with Gasteiger partial charge in [-0.1, -0.05) is 32.9 Å². The third kappa shape index (κ3) is 2.76. The number of para-hydroxylation sites is 1. The number of aryl methyl sites for hydroxylation is 1. The van der Waals surface area contributed by atoms with Gasteiger partial charge in [-0.25, -0.2) is 4.98 Å². The van der Waals surface area contributed by atoms with E-state index in [-0.39, 0.29) is 16.7 Å². The molecule has 130 valence electrons. The highest BCUT2D eigenvalue weighted by atomic mass is 32.1. The van der Waals surface area contributed by atoms with E-state index in [9.17, 15) is 9.90 Å². The van der Waals surface area contributed by atoms with Crippen LogP contribution in [0.2, 0.25) is 0 Å². The number of aromatic amines is 1. The Hall–Kier alpha value is -2.14. The predicted octanol–water partition coefficient (Wildman–Crippen LogP) is 4.51. The second-order valence-corrected chi connectivity index (χ2v) is 9.00. The molecular weight excluding hydrogens is 332 g/mol. The van der Waals surface area contributed by atoms with E-state index in [1.54, 1.807) is 29.5 Å². The standard InChI is InChI=1S/C20H22N2O2S/c1-20(2,3)11-8-9-13-15(10-11)25-19-16(13)18(24)21-17(22-19)12-6-4-5-7-14(12)23/h4-7,11,23H,8-10H2,1-3H3,(H,21,22,24). The van der Waals surface area contributed by atoms with E-state index in [0.717, 1.165) is 29.5 Å². The Kier molecular flexibility index (Phi) is 3.72. The van der Waals surface area contributed by atoms with Crippen molar-refractivity contribution in [1.82, 2.24) is 9.97 Å². The summed E-state index contributed by atoms with van der Waals surface area (Å²) in [4.78, 5) is 22.3. The van der Waals surface area contributed by atoms with Gasteiger partial charge in [-0.15, -0.1) is 11.3 Å². The van der Waals surface area contributed by atoms with Crippen molar-refractivity contribution in [2.45, 2.75) is 40.0 Å². The van der Waals surface area contributed by atoms with Crippen LogP contribution in [0.4, 0.5) is 0 Å². The maximum Gasteiger partial charge on any atom is 0.260 e. The highest BCUT2D eigenvalue weighted by Crippen LogP contribution is 2.42. The number of phenols is 1. The Morgan fingerprint density at radius 3 is 2.76 bits per heavy atom. The largest absolute Gasteiger partial charge is 0.507 e. The van der Waals surface area contributed by atoms with Crippen molar-refractivity contribution < 1.29 is 5.11 Å². The van der Waals surface area contributed by atoms with Crippen molar-refractivity contribution in [2.75, 3.05) is 0 Å². The van der Waals surface area contributed by atoms with E-state index in [2.05, 4.69) is 30.7 Å². The smallest absolute Gasteiger partial charge is 0.260 e. The minimum atomic E-state index is -0.102. The highest BCUT2D eigenvalue weighted by Gasteiger charge is 2.31. The van der Waals surface area contributed by atoms with Crippen LogP contribution in [0.1, 0.15) is 37.6 Å². The number of H-pyrrole nitrogens is 1. The van der Waals surface area contributed by atoms with Gasteiger partial charge in [0.1, 0.15) is 16.4 Å². The summed E-state index contributed by atoms with van der Waals surface area (Å²) in [7, 11) is 0. The average molecular weight is 354 g/mol. The summed E-state index contributed by atoms with van der Waals surface area (Å²) in [6.45, 7) is 6.87. The Morgan fingerprint density at radius 2 is 2.04 bits per heavy atom. The maximum atomic E-state index is 12.7. The van der Waals surface area contributed by atoms with Gasteiger partial charge in [0, 0.05) is 4.88 Å². The molecule has 3 aromatic rings. The first kappa shape index (κ1) is 16.3. The number of hydrogen-bond donors (Lipinski definition) is 2. The average Bonchev–Trinajstić information content (AvgIpc) is 2.92. The zero-order valence-corrected chi connectivity index (χ0v) is 15.5. The molecule has 4 nitrogen and oxygen atoms in total. The zero-order valence-electron chi connectivity index (χ0n) is 14.7. The van der Waals surface area contributed by atoms with Crippen molar-refractivity contribution in [2.24, 2.45) is 11.3 Å². The van der Waals surface area contributed by atoms with Gasteiger partial charge < -0.3 is 10.1 Å². The number of aromatic nitrogens is 2. The van der Waals surface area contributed by atoms with Gasteiger partial charge in [-0.3, -0.25) is 4.79 Å². The monoisotopic (exact) mass is 354 g/mol. The minimum absolute atomic E-state index is 0.102. The molecule has 0 saturated carbocycles. The van der Waals surface area contributed by atoms with Crippen LogP contribution in [-0.4, -0.2) is 15.1 Å². The maximum absolute atomic E-state index is 12.7. The topological polar surface area (TPSA) is 66.0 Å². The van der Waals surface area contributed by atoms with E-state index in [1.807, 2.05) is 6.07 Å². The molecule has 2 heterocycles. The first-order chi connectivity index (χ1) is 11.8. The summed E-state index contributed by atoms with van der Waals surface area (Å²) in [5.74, 6) is 1.19. The van der Waals surface area contributed by atoms with Crippen LogP contribution >= 0.6 is 11.3 Å². The SMILES string of the molecule is CC(C)(C)C1CCc2c(sc3nc(-c4ccccc4O)[nH]c(=O)c23)C1. The molecule has 0 bridgehead atoms. The third-order valence-electron chi connectivity index (χ3n) is 5.30. The van der Waals surface area contributed by atoms with E-state index in [4.69, 9.17) is 0 Å². The Morgan fingerprint density at radius 1 is 1.28 bits per heavy atom. The molecule has 1 aliphatic carbocycles. The van der Waals surface area contributed by atoms with Gasteiger partial charge >= 0.3 is 0 Å². The number of fused-ring (bicyclic) bond motifs is 3. The molecule has 0 radical (unpaired) electrons. The molecule has 0 fully saturated rings. The molecule has 0 aliphatic heterocycles. The molecule has 0 amide bonds. The number of nitrogens with zero attached hydrogens (tertiary/aromatic N) is 1. The molecule has 1 aliphatic rings. The third-order valence-corrected chi connectivity index (χ3v) is 6.45. The van der Waals surface area contributed by atoms with Gasteiger partial charge in [0.15, 0.2) is 0 Å². The van der Waals surface area contributed by atoms with Gasteiger partial charge in [0.2, 0.25) is 0 Å². The number of benzene rings is 1. The Balaban J connectivity index is 1.85. The second-order valence-electron chi connectivity index (χ2n) is 7.92. The molecule has 0 saturated heterocycles. The van der Waals surface area contributed by atoms with E-state index < -0.39 is 0 Å². The molecule has 1 unspecified atom stereocenters. The van der Waals surface area contributed by atoms with Crippen LogP contribution in [0.3, 0.4) is 0 Å². The number of hydrogen-bond acceptors (Lipinski definition) is 4. The first-order valence-corrected chi connectivity index (χ1v) is 9.49. The van der Waals surface area contributed by atoms with Crippen LogP contribution in [0.15, 0.2) is 29.1 Å². The summed E-state index contributed by atoms with van der Waals surface area (Å²) in [6.07, 6.45) is 3.08. The summed E-state index contributed by atoms with van der Waals surface area (Å²) >= 11 is 1.64. The van der Waals surface area contributed by atoms with E-state index >= 15 is 0 Å². The van der Waals surface area contributed by atoms with Crippen LogP contribution < -0.4 is 5.56 Å². The lowest BCUT2D eigenvalue weighted by molar-refractivity contribution is 0.218. The number of rotatable bonds is 1. The quantitative estimate of drug-likeness (QED) is 0.676. The second kappa shape index (κ2) is 5.70. The lowest BCUT2D eigenvalue weighted by Crippen LogP contribution is -2.26. The van der Waals surface area contributed by atoms with Crippen molar-refractivity contribution in [1.29, 1.82) is 0 Å². The van der Waals surface area contributed by atoms with Crippen LogP contribution in [0.5, 0.6) is 5.75 Å². The van der Waals surface area contributed by atoms with Gasteiger partial charge in [-0.05, 0) is 48.3 Å². The lowest BCUT2D eigenvalue weighted by atomic mass is 9.72. The van der Waals surface area contributed by atoms with Crippen LogP contribution in [0.25, 0.3) is 21.6 Å². The summed E-state index contributed by atoms with van der Waals surface area (Å²) in [5.41, 5.74) is 1.91. The van der Waals surface area contributed by atoms with Crippen LogP contribution in [0, 0.1) is 11.3 Å². The lowest BCUT2D eigenvalue weighted by Gasteiger charge is -2.33. The fraction of sp³-hybridized carbons (Fsp3) is 0.400. The van der Waals surface area contributed by atoms with Crippen molar-refractivity contribution in [3.63, 3.8) is 0 Å². The number of nitrogens with one attached hydrogen (secondary N) is 1. The Bertz CT molecular complexity index is 1010. The van der Waals surface area contributed by atoms with Crippen molar-refractivity contribution in [3.05, 3.63) is 45.1 Å². The predicted molar refractivity (Wildman–Crippen MR) is 102 cm³/mol. The summed E-state index contributed by atoms with van der Waals surface area (Å²) in [5, 5.41) is 10.8. The molecule has 2 aromatic heterocycles. The fourth-order valence-corrected chi connectivity index (χ4v) is 5.02.